The summed E-state index contributed by atoms with van der Waals surface area (Å²) in [5.74, 6) is -0.624. The molecule has 0 bridgehead atoms. The SMILES string of the molecule is O=C(c1cn[nH]c1-c1ccc(F)cc1)N(CCO)Cc1cccnc1. The number of amides is 1. The van der Waals surface area contributed by atoms with Gasteiger partial charge in [-0.3, -0.25) is 14.9 Å². The van der Waals surface area contributed by atoms with Crippen molar-refractivity contribution >= 4 is 5.91 Å². The Bertz CT molecular complexity index is 834. The Labute approximate surface area is 144 Å². The van der Waals surface area contributed by atoms with Gasteiger partial charge in [0.15, 0.2) is 0 Å². The summed E-state index contributed by atoms with van der Waals surface area (Å²) in [6.45, 7) is 0.346. The van der Waals surface area contributed by atoms with Gasteiger partial charge in [0, 0.05) is 31.0 Å². The molecule has 0 aliphatic heterocycles. The highest BCUT2D eigenvalue weighted by molar-refractivity contribution is 5.99. The van der Waals surface area contributed by atoms with Crippen molar-refractivity contribution in [2.24, 2.45) is 0 Å². The molecule has 3 aromatic rings. The monoisotopic (exact) mass is 340 g/mol. The van der Waals surface area contributed by atoms with Crippen LogP contribution in [0.15, 0.2) is 55.0 Å². The number of carbonyl (C=O) groups is 1. The molecule has 2 N–H and O–H groups in total. The Hall–Kier alpha value is -3.06. The number of aromatic nitrogens is 3. The number of benzene rings is 1. The zero-order valence-electron chi connectivity index (χ0n) is 13.4. The summed E-state index contributed by atoms with van der Waals surface area (Å²) in [6, 6.07) is 9.46. The minimum absolute atomic E-state index is 0.157. The second kappa shape index (κ2) is 7.67. The first-order valence-corrected chi connectivity index (χ1v) is 7.77. The fourth-order valence-electron chi connectivity index (χ4n) is 2.54. The summed E-state index contributed by atoms with van der Waals surface area (Å²) in [6.07, 6.45) is 4.77. The number of rotatable bonds is 6. The fourth-order valence-corrected chi connectivity index (χ4v) is 2.54. The number of H-pyrrole nitrogens is 1. The molecule has 1 aromatic carbocycles. The number of aliphatic hydroxyl groups is 1. The molecule has 6 nitrogen and oxygen atoms in total. The summed E-state index contributed by atoms with van der Waals surface area (Å²) >= 11 is 0. The molecule has 128 valence electrons. The number of halogens is 1. The quantitative estimate of drug-likeness (QED) is 0.721. The van der Waals surface area contributed by atoms with Crippen LogP contribution in [0.25, 0.3) is 11.3 Å². The third-order valence-corrected chi connectivity index (χ3v) is 3.76. The Balaban J connectivity index is 1.88. The highest BCUT2D eigenvalue weighted by atomic mass is 19.1. The number of hydrogen-bond acceptors (Lipinski definition) is 4. The van der Waals surface area contributed by atoms with E-state index in [-0.39, 0.29) is 24.9 Å². The van der Waals surface area contributed by atoms with E-state index >= 15 is 0 Å². The summed E-state index contributed by atoms with van der Waals surface area (Å²) in [5.41, 5.74) is 2.40. The maximum absolute atomic E-state index is 13.1. The maximum atomic E-state index is 13.1. The molecular weight excluding hydrogens is 323 g/mol. The van der Waals surface area contributed by atoms with Crippen LogP contribution in [0.5, 0.6) is 0 Å². The number of aliphatic hydroxyl groups excluding tert-OH is 1. The third-order valence-electron chi connectivity index (χ3n) is 3.76. The van der Waals surface area contributed by atoms with Gasteiger partial charge in [-0.25, -0.2) is 4.39 Å². The van der Waals surface area contributed by atoms with Crippen LogP contribution in [0.2, 0.25) is 0 Å². The van der Waals surface area contributed by atoms with Crippen molar-refractivity contribution in [2.75, 3.05) is 13.2 Å². The summed E-state index contributed by atoms with van der Waals surface area (Å²) in [5, 5.41) is 16.0. The fraction of sp³-hybridized carbons (Fsp3) is 0.167. The van der Waals surface area contributed by atoms with E-state index in [2.05, 4.69) is 15.2 Å². The standard InChI is InChI=1S/C18H17FN4O2/c19-15-5-3-14(4-6-15)17-16(11-21-22-17)18(25)23(8-9-24)12-13-2-1-7-20-10-13/h1-7,10-11,24H,8-9,12H2,(H,21,22). The number of hydrogen-bond donors (Lipinski definition) is 2. The summed E-state index contributed by atoms with van der Waals surface area (Å²) < 4.78 is 13.1. The lowest BCUT2D eigenvalue weighted by Crippen LogP contribution is -2.33. The Morgan fingerprint density at radius 3 is 2.68 bits per heavy atom. The zero-order chi connectivity index (χ0) is 17.6. The van der Waals surface area contributed by atoms with E-state index < -0.39 is 0 Å². The molecule has 0 unspecified atom stereocenters. The highest BCUT2D eigenvalue weighted by Crippen LogP contribution is 2.23. The molecule has 0 saturated heterocycles. The van der Waals surface area contributed by atoms with E-state index in [1.807, 2.05) is 6.07 Å². The average Bonchev–Trinajstić information content (AvgIpc) is 3.12. The van der Waals surface area contributed by atoms with E-state index in [1.54, 1.807) is 30.6 Å². The Morgan fingerprint density at radius 2 is 2.00 bits per heavy atom. The van der Waals surface area contributed by atoms with Crippen molar-refractivity contribution < 1.29 is 14.3 Å². The Kier molecular flexibility index (Phi) is 5.15. The molecule has 0 radical (unpaired) electrons. The van der Waals surface area contributed by atoms with Crippen molar-refractivity contribution in [1.82, 2.24) is 20.1 Å². The van der Waals surface area contributed by atoms with Gasteiger partial charge in [-0.2, -0.15) is 5.10 Å². The lowest BCUT2D eigenvalue weighted by atomic mass is 10.1. The van der Waals surface area contributed by atoms with Crippen molar-refractivity contribution in [3.63, 3.8) is 0 Å². The second-order valence-corrected chi connectivity index (χ2v) is 5.48. The minimum atomic E-state index is -0.352. The van der Waals surface area contributed by atoms with Crippen molar-refractivity contribution in [3.05, 3.63) is 71.9 Å². The molecule has 0 saturated carbocycles. The molecule has 0 spiro atoms. The molecular formula is C18H17FN4O2. The first-order chi connectivity index (χ1) is 12.2. The van der Waals surface area contributed by atoms with Gasteiger partial charge in [0.25, 0.3) is 5.91 Å². The minimum Gasteiger partial charge on any atom is -0.395 e. The lowest BCUT2D eigenvalue weighted by molar-refractivity contribution is 0.0708. The maximum Gasteiger partial charge on any atom is 0.258 e. The van der Waals surface area contributed by atoms with E-state index in [1.165, 1.54) is 23.2 Å². The van der Waals surface area contributed by atoms with Gasteiger partial charge in [-0.05, 0) is 35.9 Å². The van der Waals surface area contributed by atoms with Crippen LogP contribution in [0, 0.1) is 5.82 Å². The van der Waals surface area contributed by atoms with Crippen molar-refractivity contribution in [3.8, 4) is 11.3 Å². The molecule has 0 atom stereocenters. The van der Waals surface area contributed by atoms with E-state index in [0.29, 0.717) is 23.4 Å². The zero-order valence-corrected chi connectivity index (χ0v) is 13.4. The van der Waals surface area contributed by atoms with E-state index in [9.17, 15) is 14.3 Å². The molecule has 3 rings (SSSR count). The molecule has 1 amide bonds. The molecule has 2 aromatic heterocycles. The lowest BCUT2D eigenvalue weighted by Gasteiger charge is -2.21. The van der Waals surface area contributed by atoms with Gasteiger partial charge < -0.3 is 10.0 Å². The first-order valence-electron chi connectivity index (χ1n) is 7.77. The van der Waals surface area contributed by atoms with Gasteiger partial charge >= 0.3 is 0 Å². The largest absolute Gasteiger partial charge is 0.395 e. The molecule has 7 heteroatoms. The van der Waals surface area contributed by atoms with Gasteiger partial charge in [-0.15, -0.1) is 0 Å². The molecule has 2 heterocycles. The first kappa shape index (κ1) is 16.8. The van der Waals surface area contributed by atoms with E-state index in [4.69, 9.17) is 0 Å². The molecule has 25 heavy (non-hydrogen) atoms. The molecule has 0 fully saturated rings. The van der Waals surface area contributed by atoms with Crippen LogP contribution in [0.1, 0.15) is 15.9 Å². The van der Waals surface area contributed by atoms with Crippen LogP contribution in [0.4, 0.5) is 4.39 Å². The average molecular weight is 340 g/mol. The van der Waals surface area contributed by atoms with Gasteiger partial charge in [0.1, 0.15) is 5.82 Å². The van der Waals surface area contributed by atoms with Crippen molar-refractivity contribution in [1.29, 1.82) is 0 Å². The number of nitrogens with zero attached hydrogens (tertiary/aromatic N) is 3. The van der Waals surface area contributed by atoms with Gasteiger partial charge in [-0.1, -0.05) is 6.07 Å². The normalized spacial score (nSPS) is 10.6. The van der Waals surface area contributed by atoms with Crippen LogP contribution in [-0.4, -0.2) is 44.2 Å². The number of pyridine rings is 1. The summed E-state index contributed by atoms with van der Waals surface area (Å²) in [4.78, 5) is 18.5. The van der Waals surface area contributed by atoms with Crippen LogP contribution in [0.3, 0.4) is 0 Å². The topological polar surface area (TPSA) is 82.1 Å². The third kappa shape index (κ3) is 3.89. The van der Waals surface area contributed by atoms with Gasteiger partial charge in [0.05, 0.1) is 24.1 Å². The number of nitrogens with one attached hydrogen (secondary N) is 1. The predicted octanol–water partition coefficient (Wildman–Crippen LogP) is 2.25. The number of aromatic amines is 1. The van der Waals surface area contributed by atoms with Gasteiger partial charge in [0.2, 0.25) is 0 Å². The van der Waals surface area contributed by atoms with Crippen molar-refractivity contribution in [2.45, 2.75) is 6.54 Å². The molecule has 0 aliphatic carbocycles. The second-order valence-electron chi connectivity index (χ2n) is 5.48. The van der Waals surface area contributed by atoms with Crippen LogP contribution in [-0.2, 0) is 6.54 Å². The van der Waals surface area contributed by atoms with Crippen LogP contribution >= 0.6 is 0 Å². The smallest absolute Gasteiger partial charge is 0.258 e. The highest BCUT2D eigenvalue weighted by Gasteiger charge is 2.21. The predicted molar refractivity (Wildman–Crippen MR) is 90.0 cm³/mol. The Morgan fingerprint density at radius 1 is 1.20 bits per heavy atom. The number of carbonyl (C=O) groups excluding carboxylic acids is 1. The van der Waals surface area contributed by atoms with E-state index in [0.717, 1.165) is 5.56 Å². The van der Waals surface area contributed by atoms with Crippen LogP contribution < -0.4 is 0 Å². The summed E-state index contributed by atoms with van der Waals surface area (Å²) in [7, 11) is 0. The molecule has 0 aliphatic rings.